The number of pyridine rings is 8. The average Bonchev–Trinajstić information content (AvgIpc) is 3.35. The summed E-state index contributed by atoms with van der Waals surface area (Å²) in [5, 5.41) is 0. The molecule has 8 nitrogen and oxygen atoms in total. The zero-order valence-corrected chi connectivity index (χ0v) is 39.0. The monoisotopic (exact) mass is 1060 g/mol. The largest absolute Gasteiger partial charge is 0.290 e. The maximum Gasteiger partial charge on any atom is 0.0691 e. The summed E-state index contributed by atoms with van der Waals surface area (Å²) in [5.41, 5.74) is 8.82. The molecule has 60 heavy (non-hydrogen) atoms. The Hall–Kier alpha value is -4.05. The Kier molecular flexibility index (Phi) is 20.0. The van der Waals surface area contributed by atoms with E-state index in [-0.39, 0.29) is 0 Å². The van der Waals surface area contributed by atoms with E-state index in [1.165, 1.54) is 0 Å². The minimum atomic E-state index is -0.697. The minimum absolute atomic E-state index is 0.603. The molecule has 0 bridgehead atoms. The molecule has 0 N–H and O–H groups in total. The summed E-state index contributed by atoms with van der Waals surface area (Å²) < 4.78 is 0. The molecule has 8 heterocycles. The maximum absolute atomic E-state index is 4.63. The van der Waals surface area contributed by atoms with Gasteiger partial charge >= 0.3 is 29.2 Å². The molecule has 0 aliphatic rings. The normalized spacial score (nSPS) is 10.8. The first-order chi connectivity index (χ1) is 29.8. The summed E-state index contributed by atoms with van der Waals surface area (Å²) in [6.45, 7) is 0. The fourth-order valence-electron chi connectivity index (χ4n) is 5.97. The summed E-state index contributed by atoms with van der Waals surface area (Å²) in [7, 11) is 1.98. The summed E-state index contributed by atoms with van der Waals surface area (Å²) in [6, 6.07) is 48.9. The van der Waals surface area contributed by atoms with Crippen LogP contribution >= 0.6 is 40.9 Å². The molecule has 0 saturated heterocycles. The van der Waals surface area contributed by atoms with Gasteiger partial charge in [0.25, 0.3) is 0 Å². The Balaban J connectivity index is 0.000000193. The van der Waals surface area contributed by atoms with Crippen molar-refractivity contribution < 1.29 is 20.0 Å². The van der Waals surface area contributed by atoms with Crippen molar-refractivity contribution in [2.75, 3.05) is 12.3 Å². The molecule has 0 spiro atoms. The van der Waals surface area contributed by atoms with Crippen LogP contribution in [0.4, 0.5) is 0 Å². The summed E-state index contributed by atoms with van der Waals surface area (Å²) in [6.07, 6.45) is 23.6. The van der Waals surface area contributed by atoms with E-state index in [2.05, 4.69) is 134 Å². The van der Waals surface area contributed by atoms with Gasteiger partial charge in [0.05, 0.1) is 21.7 Å². The SMILES string of the molecule is [Cl][Au].c1ccc(P([CH-]CCP(c2ccccn2)c2ccccn2)c2ccccn2)nc1.c1ccc(P([CH-]CCP(c2ccccn2)c2ccccn2)c2ccccn2)nc1. The first-order valence-corrected chi connectivity index (χ1v) is 27.6. The van der Waals surface area contributed by atoms with E-state index in [1.54, 1.807) is 20.0 Å². The molecule has 14 heteroatoms. The van der Waals surface area contributed by atoms with Crippen LogP contribution in [0.15, 0.2) is 195 Å². The molecular formula is C46H42AuClN8P4-2. The second-order valence-electron chi connectivity index (χ2n) is 12.5. The molecule has 0 aromatic carbocycles. The second kappa shape index (κ2) is 26.3. The van der Waals surface area contributed by atoms with E-state index in [0.29, 0.717) is 0 Å². The van der Waals surface area contributed by atoms with Crippen LogP contribution in [0.3, 0.4) is 0 Å². The van der Waals surface area contributed by atoms with Gasteiger partial charge < -0.3 is 0 Å². The Bertz CT molecular complexity index is 1830. The summed E-state index contributed by atoms with van der Waals surface area (Å²) in [5.74, 6) is 0. The number of hydrogen-bond donors (Lipinski definition) is 0. The zero-order chi connectivity index (χ0) is 41.5. The van der Waals surface area contributed by atoms with E-state index in [9.17, 15) is 0 Å². The Morgan fingerprint density at radius 3 is 0.700 bits per heavy atom. The summed E-state index contributed by atoms with van der Waals surface area (Å²) in [4.78, 5) is 36.9. The Morgan fingerprint density at radius 2 is 0.517 bits per heavy atom. The predicted molar refractivity (Wildman–Crippen MR) is 252 cm³/mol. The molecule has 8 aromatic rings. The molecular weight excluding hydrogens is 1020 g/mol. The van der Waals surface area contributed by atoms with Crippen LogP contribution in [0.1, 0.15) is 12.8 Å². The smallest absolute Gasteiger partial charge is 0.0691 e. The number of halogens is 1. The second-order valence-corrected chi connectivity index (χ2v) is 21.0. The molecule has 0 fully saturated rings. The third kappa shape index (κ3) is 14.0. The third-order valence-corrected chi connectivity index (χ3v) is 17.6. The fraction of sp³-hybridized carbons (Fsp3) is 0.0870. The van der Waals surface area contributed by atoms with Crippen molar-refractivity contribution in [3.63, 3.8) is 0 Å². The van der Waals surface area contributed by atoms with Crippen molar-refractivity contribution >= 4 is 84.4 Å². The van der Waals surface area contributed by atoms with Crippen LogP contribution in [-0.2, 0) is 20.0 Å². The average molecular weight is 1060 g/mol. The van der Waals surface area contributed by atoms with Crippen LogP contribution in [-0.4, -0.2) is 52.2 Å². The van der Waals surface area contributed by atoms with Crippen LogP contribution < -0.4 is 43.5 Å². The van der Waals surface area contributed by atoms with Gasteiger partial charge in [-0.25, -0.2) is 0 Å². The van der Waals surface area contributed by atoms with Gasteiger partial charge in [0.1, 0.15) is 0 Å². The molecule has 0 saturated carbocycles. The van der Waals surface area contributed by atoms with Gasteiger partial charge in [-0.15, -0.1) is 0 Å². The predicted octanol–water partition coefficient (Wildman–Crippen LogP) is 7.46. The molecule has 0 amide bonds. The van der Waals surface area contributed by atoms with Crippen LogP contribution in [0.5, 0.6) is 0 Å². The third-order valence-electron chi connectivity index (χ3n) is 8.62. The van der Waals surface area contributed by atoms with Crippen molar-refractivity contribution in [3.8, 4) is 0 Å². The van der Waals surface area contributed by atoms with Gasteiger partial charge in [-0.1, -0.05) is 48.5 Å². The summed E-state index contributed by atoms with van der Waals surface area (Å²) >= 11 is 1.75. The molecule has 0 atom stereocenters. The van der Waals surface area contributed by atoms with Crippen molar-refractivity contribution in [2.24, 2.45) is 0 Å². The fourth-order valence-corrected chi connectivity index (χ4v) is 14.2. The van der Waals surface area contributed by atoms with Gasteiger partial charge in [-0.05, 0) is 125 Å². The Labute approximate surface area is 374 Å². The van der Waals surface area contributed by atoms with Gasteiger partial charge in [0.15, 0.2) is 0 Å². The quantitative estimate of drug-likeness (QED) is 0.0559. The zero-order valence-electron chi connectivity index (χ0n) is 32.5. The minimum Gasteiger partial charge on any atom is -0.290 e. The molecule has 8 rings (SSSR count). The first kappa shape index (κ1) is 45.5. The van der Waals surface area contributed by atoms with Crippen LogP contribution in [0.2, 0.25) is 0 Å². The van der Waals surface area contributed by atoms with E-state index in [1.807, 2.05) is 122 Å². The van der Waals surface area contributed by atoms with Crippen LogP contribution in [0, 0.1) is 12.3 Å². The van der Waals surface area contributed by atoms with Gasteiger partial charge in [0.2, 0.25) is 0 Å². The topological polar surface area (TPSA) is 103 Å². The molecule has 306 valence electrons. The number of rotatable bonds is 16. The molecule has 0 aliphatic carbocycles. The van der Waals surface area contributed by atoms with Crippen molar-refractivity contribution in [2.45, 2.75) is 12.8 Å². The van der Waals surface area contributed by atoms with E-state index in [0.717, 1.165) is 68.6 Å². The van der Waals surface area contributed by atoms with Crippen molar-refractivity contribution in [1.82, 2.24) is 39.9 Å². The standard InChI is InChI=1S/2C23H21N4P2.Au.ClH/c2*1-5-14-24-20(10-1)28(21-11-2-6-15-25-21)18-9-19-29(22-12-3-7-16-26-22)23-13-4-8-17-27-23;;/h2*1-8,10-18H,9,19H2;;1H/q2*-1;+1;/p-1. The maximum atomic E-state index is 4.63. The van der Waals surface area contributed by atoms with Crippen molar-refractivity contribution in [3.05, 3.63) is 207 Å². The molecule has 0 radical (unpaired) electrons. The van der Waals surface area contributed by atoms with Crippen molar-refractivity contribution in [1.29, 1.82) is 0 Å². The number of nitrogens with zero attached hydrogens (tertiary/aromatic N) is 8. The van der Waals surface area contributed by atoms with Gasteiger partial charge in [-0.2, -0.15) is 28.7 Å². The van der Waals surface area contributed by atoms with E-state index < -0.39 is 31.7 Å². The van der Waals surface area contributed by atoms with E-state index >= 15 is 0 Å². The Morgan fingerprint density at radius 1 is 0.317 bits per heavy atom. The number of hydrogen-bond acceptors (Lipinski definition) is 8. The van der Waals surface area contributed by atoms with Crippen LogP contribution in [0.25, 0.3) is 0 Å². The van der Waals surface area contributed by atoms with E-state index in [4.69, 9.17) is 0 Å². The molecule has 8 aromatic heterocycles. The molecule has 0 unspecified atom stereocenters. The molecule has 0 aliphatic heterocycles. The van der Waals surface area contributed by atoms with Gasteiger partial charge in [-0.3, -0.25) is 52.2 Å². The number of aromatic nitrogens is 8. The van der Waals surface area contributed by atoms with Gasteiger partial charge in [0, 0.05) is 71.3 Å². The first-order valence-electron chi connectivity index (χ1n) is 19.0.